The molecule has 0 radical (unpaired) electrons. The van der Waals surface area contributed by atoms with Crippen molar-refractivity contribution in [1.29, 1.82) is 0 Å². The Morgan fingerprint density at radius 3 is 2.45 bits per heavy atom. The van der Waals surface area contributed by atoms with Crippen LogP contribution in [0.5, 0.6) is 11.5 Å². The van der Waals surface area contributed by atoms with E-state index in [1.54, 1.807) is 54.9 Å². The molecule has 172 valence electrons. The number of carbonyl (C=O) groups excluding carboxylic acids is 1. The number of benzene rings is 2. The molecule has 0 saturated carbocycles. The van der Waals surface area contributed by atoms with E-state index >= 15 is 0 Å². The van der Waals surface area contributed by atoms with E-state index in [4.69, 9.17) is 9.47 Å². The first-order chi connectivity index (χ1) is 15.9. The molecule has 0 aliphatic heterocycles. The number of hydrazone groups is 1. The van der Waals surface area contributed by atoms with Gasteiger partial charge >= 0.3 is 0 Å². The van der Waals surface area contributed by atoms with Crippen LogP contribution in [0.15, 0.2) is 83.1 Å². The first-order valence-corrected chi connectivity index (χ1v) is 11.4. The predicted molar refractivity (Wildman–Crippen MR) is 124 cm³/mol. The number of hydrogen-bond donors (Lipinski definition) is 1. The van der Waals surface area contributed by atoms with Crippen LogP contribution in [0, 0.1) is 0 Å². The molecule has 0 aliphatic rings. The minimum absolute atomic E-state index is 0.0228. The number of sulfonamides is 1. The van der Waals surface area contributed by atoms with Gasteiger partial charge < -0.3 is 9.47 Å². The van der Waals surface area contributed by atoms with Crippen molar-refractivity contribution in [2.75, 3.05) is 20.8 Å². The highest BCUT2D eigenvalue weighted by molar-refractivity contribution is 7.89. The van der Waals surface area contributed by atoms with Crippen molar-refractivity contribution in [3.8, 4) is 11.5 Å². The third-order valence-corrected chi connectivity index (χ3v) is 6.43. The zero-order valence-corrected chi connectivity index (χ0v) is 19.0. The molecule has 0 saturated heterocycles. The summed E-state index contributed by atoms with van der Waals surface area (Å²) in [6, 6.07) is 16.9. The maximum absolute atomic E-state index is 13.6. The van der Waals surface area contributed by atoms with Crippen molar-refractivity contribution in [2.45, 2.75) is 11.4 Å². The lowest BCUT2D eigenvalue weighted by Crippen LogP contribution is -2.39. The molecular formula is C23H24N4O5S. The van der Waals surface area contributed by atoms with Crippen molar-refractivity contribution in [2.24, 2.45) is 5.10 Å². The van der Waals surface area contributed by atoms with Gasteiger partial charge in [0.25, 0.3) is 5.91 Å². The van der Waals surface area contributed by atoms with Crippen molar-refractivity contribution in [3.05, 3.63) is 84.2 Å². The summed E-state index contributed by atoms with van der Waals surface area (Å²) in [5.74, 6) is -0.105. The summed E-state index contributed by atoms with van der Waals surface area (Å²) in [6.07, 6.45) is 4.64. The summed E-state index contributed by atoms with van der Waals surface area (Å²) >= 11 is 0. The summed E-state index contributed by atoms with van der Waals surface area (Å²) < 4.78 is 38.7. The zero-order chi connectivity index (χ0) is 23.7. The average molecular weight is 469 g/mol. The number of amides is 1. The molecule has 0 fully saturated rings. The summed E-state index contributed by atoms with van der Waals surface area (Å²) in [7, 11) is -1.32. The van der Waals surface area contributed by atoms with Crippen LogP contribution in [0.3, 0.4) is 0 Å². The molecule has 33 heavy (non-hydrogen) atoms. The van der Waals surface area contributed by atoms with Crippen LogP contribution in [-0.4, -0.2) is 50.6 Å². The molecule has 1 amide bonds. The Kier molecular flexibility index (Phi) is 8.11. The van der Waals surface area contributed by atoms with Crippen molar-refractivity contribution in [1.82, 2.24) is 14.7 Å². The number of nitrogens with one attached hydrogen (secondary N) is 1. The first-order valence-electron chi connectivity index (χ1n) is 9.92. The van der Waals surface area contributed by atoms with E-state index in [9.17, 15) is 13.2 Å². The Balaban J connectivity index is 1.87. The lowest BCUT2D eigenvalue weighted by atomic mass is 10.2. The number of nitrogens with zero attached hydrogens (tertiary/aromatic N) is 3. The van der Waals surface area contributed by atoms with Crippen LogP contribution < -0.4 is 14.9 Å². The van der Waals surface area contributed by atoms with Gasteiger partial charge in [0.2, 0.25) is 10.0 Å². The third kappa shape index (κ3) is 6.37. The lowest BCUT2D eigenvalue weighted by molar-refractivity contribution is -0.121. The van der Waals surface area contributed by atoms with E-state index in [-0.39, 0.29) is 17.2 Å². The van der Waals surface area contributed by atoms with E-state index in [1.807, 2.05) is 6.07 Å². The molecule has 1 N–H and O–H groups in total. The zero-order valence-electron chi connectivity index (χ0n) is 18.2. The van der Waals surface area contributed by atoms with Gasteiger partial charge in [-0.2, -0.15) is 9.41 Å². The molecule has 1 heterocycles. The summed E-state index contributed by atoms with van der Waals surface area (Å²) in [5, 5.41) is 3.90. The van der Waals surface area contributed by atoms with Crippen molar-refractivity contribution < 1.29 is 22.7 Å². The van der Waals surface area contributed by atoms with Crippen molar-refractivity contribution >= 4 is 22.1 Å². The van der Waals surface area contributed by atoms with Gasteiger partial charge in [-0.25, -0.2) is 13.8 Å². The molecule has 0 bridgehead atoms. The highest BCUT2D eigenvalue weighted by atomic mass is 32.2. The number of pyridine rings is 1. The van der Waals surface area contributed by atoms with Gasteiger partial charge in [0.15, 0.2) is 0 Å². The maximum atomic E-state index is 13.6. The van der Waals surface area contributed by atoms with Gasteiger partial charge in [0, 0.05) is 25.0 Å². The summed E-state index contributed by atoms with van der Waals surface area (Å²) in [4.78, 5) is 16.4. The molecule has 10 heteroatoms. The highest BCUT2D eigenvalue weighted by Crippen LogP contribution is 2.31. The Labute approximate surface area is 192 Å². The molecule has 2 aromatic carbocycles. The Bertz CT molecular complexity index is 1200. The molecular weight excluding hydrogens is 444 g/mol. The van der Waals surface area contributed by atoms with E-state index in [2.05, 4.69) is 15.5 Å². The number of rotatable bonds is 10. The van der Waals surface area contributed by atoms with E-state index in [0.717, 1.165) is 15.4 Å². The quantitative estimate of drug-likeness (QED) is 0.362. The lowest BCUT2D eigenvalue weighted by Gasteiger charge is -2.23. The van der Waals surface area contributed by atoms with Crippen LogP contribution in [0.2, 0.25) is 0 Å². The van der Waals surface area contributed by atoms with Crippen LogP contribution in [0.4, 0.5) is 0 Å². The second kappa shape index (κ2) is 11.2. The predicted octanol–water partition coefficient (Wildman–Crippen LogP) is 2.44. The standard InChI is InChI=1S/C23H24N4O5S/c1-31-20-8-9-21(32-2)22(14-20)33(29,30)27(16-19-6-4-3-5-7-19)17-23(28)26-25-15-18-10-12-24-13-11-18/h3-15H,16-17H2,1-2H3,(H,26,28). The molecule has 0 spiro atoms. The molecule has 3 aromatic rings. The fourth-order valence-electron chi connectivity index (χ4n) is 2.96. The largest absolute Gasteiger partial charge is 0.497 e. The van der Waals surface area contributed by atoms with Gasteiger partial charge in [0.1, 0.15) is 16.4 Å². The van der Waals surface area contributed by atoms with Gasteiger partial charge in [-0.15, -0.1) is 0 Å². The average Bonchev–Trinajstić information content (AvgIpc) is 2.84. The second-order valence-corrected chi connectivity index (χ2v) is 8.76. The number of methoxy groups -OCH3 is 2. The van der Waals surface area contributed by atoms with E-state index < -0.39 is 22.5 Å². The Morgan fingerprint density at radius 2 is 1.79 bits per heavy atom. The Hall–Kier alpha value is -3.76. The van der Waals surface area contributed by atoms with Gasteiger partial charge in [-0.1, -0.05) is 30.3 Å². The fraction of sp³-hybridized carbons (Fsp3) is 0.174. The minimum atomic E-state index is -4.14. The smallest absolute Gasteiger partial charge is 0.255 e. The molecule has 0 aliphatic carbocycles. The summed E-state index contributed by atoms with van der Waals surface area (Å²) in [5.41, 5.74) is 3.82. The van der Waals surface area contributed by atoms with Crippen LogP contribution in [-0.2, 0) is 21.4 Å². The normalized spacial score (nSPS) is 11.5. The monoisotopic (exact) mass is 468 g/mol. The molecule has 3 rings (SSSR count). The number of carbonyl (C=O) groups is 1. The van der Waals surface area contributed by atoms with Crippen LogP contribution >= 0.6 is 0 Å². The first kappa shape index (κ1) is 23.9. The number of hydrogen-bond acceptors (Lipinski definition) is 7. The van der Waals surface area contributed by atoms with E-state index in [0.29, 0.717) is 5.75 Å². The third-order valence-electron chi connectivity index (χ3n) is 4.62. The van der Waals surface area contributed by atoms with Crippen molar-refractivity contribution in [3.63, 3.8) is 0 Å². The minimum Gasteiger partial charge on any atom is -0.497 e. The number of ether oxygens (including phenoxy) is 2. The molecule has 0 unspecified atom stereocenters. The fourth-order valence-corrected chi connectivity index (χ4v) is 4.52. The van der Waals surface area contributed by atoms with Gasteiger partial charge in [-0.05, 0) is 35.4 Å². The molecule has 9 nitrogen and oxygen atoms in total. The summed E-state index contributed by atoms with van der Waals surface area (Å²) in [6.45, 7) is -0.476. The SMILES string of the molecule is COc1ccc(OC)c(S(=O)(=O)N(CC(=O)NN=Cc2ccncc2)Cc2ccccc2)c1. The topological polar surface area (TPSA) is 110 Å². The second-order valence-electron chi connectivity index (χ2n) is 6.85. The maximum Gasteiger partial charge on any atom is 0.255 e. The van der Waals surface area contributed by atoms with E-state index in [1.165, 1.54) is 32.6 Å². The molecule has 1 aromatic heterocycles. The van der Waals surface area contributed by atoms with Gasteiger partial charge in [-0.3, -0.25) is 9.78 Å². The van der Waals surface area contributed by atoms with Crippen LogP contribution in [0.1, 0.15) is 11.1 Å². The highest BCUT2D eigenvalue weighted by Gasteiger charge is 2.30. The van der Waals surface area contributed by atoms with Gasteiger partial charge in [0.05, 0.1) is 27.0 Å². The Morgan fingerprint density at radius 1 is 1.06 bits per heavy atom. The van der Waals surface area contributed by atoms with Crippen LogP contribution in [0.25, 0.3) is 0 Å². The molecule has 0 atom stereocenters. The number of aromatic nitrogens is 1.